The third-order valence-electron chi connectivity index (χ3n) is 2.38. The Labute approximate surface area is 122 Å². The Morgan fingerprint density at radius 2 is 2.15 bits per heavy atom. The summed E-state index contributed by atoms with van der Waals surface area (Å²) < 4.78 is 5.29. The highest BCUT2D eigenvalue weighted by Gasteiger charge is 2.12. The zero-order valence-electron chi connectivity index (χ0n) is 10.1. The molecule has 0 aliphatic heterocycles. The van der Waals surface area contributed by atoms with Crippen LogP contribution in [0.4, 0.5) is 10.5 Å². The fourth-order valence-corrected chi connectivity index (χ4v) is 1.83. The summed E-state index contributed by atoms with van der Waals surface area (Å²) >= 11 is 3.22. The van der Waals surface area contributed by atoms with Crippen LogP contribution in [0.2, 0.25) is 0 Å². The first-order valence-corrected chi connectivity index (χ1v) is 6.32. The number of aromatic carboxylic acids is 1. The number of aromatic nitrogens is 1. The van der Waals surface area contributed by atoms with Crippen molar-refractivity contribution in [1.82, 2.24) is 10.5 Å². The van der Waals surface area contributed by atoms with Gasteiger partial charge in [0.2, 0.25) is 0 Å². The van der Waals surface area contributed by atoms with Crippen LogP contribution < -0.4 is 10.6 Å². The Hall–Kier alpha value is -2.35. The summed E-state index contributed by atoms with van der Waals surface area (Å²) in [4.78, 5) is 22.8. The topological polar surface area (TPSA) is 104 Å². The number of nitrogens with zero attached hydrogens (tertiary/aromatic N) is 1. The fourth-order valence-electron chi connectivity index (χ4n) is 1.47. The van der Waals surface area contributed by atoms with Gasteiger partial charge >= 0.3 is 12.0 Å². The van der Waals surface area contributed by atoms with Gasteiger partial charge in [0.1, 0.15) is 12.0 Å². The van der Waals surface area contributed by atoms with E-state index in [4.69, 9.17) is 5.11 Å². The van der Waals surface area contributed by atoms with Crippen LogP contribution in [-0.2, 0) is 6.54 Å². The van der Waals surface area contributed by atoms with Gasteiger partial charge in [-0.05, 0) is 18.2 Å². The van der Waals surface area contributed by atoms with Crippen molar-refractivity contribution in [2.75, 3.05) is 5.32 Å². The second kappa shape index (κ2) is 6.20. The molecule has 0 unspecified atom stereocenters. The summed E-state index contributed by atoms with van der Waals surface area (Å²) in [5.41, 5.74) is 0.766. The van der Waals surface area contributed by atoms with Crippen molar-refractivity contribution >= 4 is 33.6 Å². The van der Waals surface area contributed by atoms with Crippen LogP contribution >= 0.6 is 15.9 Å². The molecule has 8 heteroatoms. The van der Waals surface area contributed by atoms with E-state index in [0.29, 0.717) is 10.2 Å². The van der Waals surface area contributed by atoms with Crippen molar-refractivity contribution in [3.05, 3.63) is 46.3 Å². The van der Waals surface area contributed by atoms with Crippen LogP contribution in [-0.4, -0.2) is 22.3 Å². The third-order valence-corrected chi connectivity index (χ3v) is 2.87. The molecule has 2 aromatic rings. The molecule has 0 fully saturated rings. The van der Waals surface area contributed by atoms with Crippen LogP contribution in [0.3, 0.4) is 0 Å². The molecule has 0 aliphatic carbocycles. The summed E-state index contributed by atoms with van der Waals surface area (Å²) in [6, 6.07) is 5.58. The zero-order valence-corrected chi connectivity index (χ0v) is 11.7. The summed E-state index contributed by atoms with van der Waals surface area (Å²) in [5.74, 6) is -1.12. The van der Waals surface area contributed by atoms with Crippen LogP contribution in [0.1, 0.15) is 16.1 Å². The highest BCUT2D eigenvalue weighted by atomic mass is 79.9. The molecule has 20 heavy (non-hydrogen) atoms. The van der Waals surface area contributed by atoms with Gasteiger partial charge in [0.25, 0.3) is 0 Å². The van der Waals surface area contributed by atoms with E-state index in [9.17, 15) is 9.59 Å². The highest BCUT2D eigenvalue weighted by Crippen LogP contribution is 2.21. The second-order valence-corrected chi connectivity index (χ2v) is 4.71. The van der Waals surface area contributed by atoms with Gasteiger partial charge in [-0.1, -0.05) is 21.1 Å². The highest BCUT2D eigenvalue weighted by molar-refractivity contribution is 9.10. The quantitative estimate of drug-likeness (QED) is 0.793. The number of carboxylic acids is 1. The summed E-state index contributed by atoms with van der Waals surface area (Å²) in [6.45, 7) is 0.179. The van der Waals surface area contributed by atoms with Crippen LogP contribution in [0.25, 0.3) is 0 Å². The van der Waals surface area contributed by atoms with Crippen molar-refractivity contribution in [1.29, 1.82) is 0 Å². The van der Waals surface area contributed by atoms with E-state index in [2.05, 4.69) is 36.2 Å². The van der Waals surface area contributed by atoms with Gasteiger partial charge in [-0.3, -0.25) is 0 Å². The molecule has 1 heterocycles. The van der Waals surface area contributed by atoms with E-state index >= 15 is 0 Å². The number of carbonyl (C=O) groups is 2. The first-order valence-electron chi connectivity index (χ1n) is 5.53. The number of amides is 2. The van der Waals surface area contributed by atoms with Gasteiger partial charge in [0.15, 0.2) is 0 Å². The lowest BCUT2D eigenvalue weighted by Crippen LogP contribution is -2.29. The van der Waals surface area contributed by atoms with Crippen molar-refractivity contribution in [2.45, 2.75) is 6.54 Å². The summed E-state index contributed by atoms with van der Waals surface area (Å²) in [6.07, 6.45) is 1.39. The molecule has 0 spiro atoms. The number of hydrogen-bond acceptors (Lipinski definition) is 4. The predicted molar refractivity (Wildman–Crippen MR) is 73.5 cm³/mol. The smallest absolute Gasteiger partial charge is 0.337 e. The first-order chi connectivity index (χ1) is 9.56. The molecular formula is C12H10BrN3O4. The zero-order chi connectivity index (χ0) is 14.5. The molecule has 7 nitrogen and oxygen atoms in total. The number of rotatable bonds is 4. The van der Waals surface area contributed by atoms with E-state index in [0.717, 1.165) is 0 Å². The fraction of sp³-hybridized carbons (Fsp3) is 0.0833. The number of hydrogen-bond donors (Lipinski definition) is 3. The Kier molecular flexibility index (Phi) is 4.36. The monoisotopic (exact) mass is 339 g/mol. The first kappa shape index (κ1) is 14.1. The number of halogens is 1. The Morgan fingerprint density at radius 3 is 2.80 bits per heavy atom. The van der Waals surface area contributed by atoms with Crippen molar-refractivity contribution in [3.8, 4) is 0 Å². The minimum absolute atomic E-state index is 0.00443. The SMILES string of the molecule is O=C(NCc1ccon1)Nc1cc(Br)ccc1C(=O)O. The minimum Gasteiger partial charge on any atom is -0.478 e. The van der Waals surface area contributed by atoms with Crippen LogP contribution in [0.15, 0.2) is 39.5 Å². The molecule has 1 aromatic carbocycles. The third kappa shape index (κ3) is 3.58. The lowest BCUT2D eigenvalue weighted by atomic mass is 10.2. The van der Waals surface area contributed by atoms with Crippen LogP contribution in [0, 0.1) is 0 Å². The second-order valence-electron chi connectivity index (χ2n) is 3.79. The molecule has 104 valence electrons. The van der Waals surface area contributed by atoms with Gasteiger partial charge in [0, 0.05) is 10.5 Å². The van der Waals surface area contributed by atoms with Gasteiger partial charge in [0.05, 0.1) is 17.8 Å². The predicted octanol–water partition coefficient (Wildman–Crippen LogP) is 2.46. The number of carboxylic acid groups (broad SMARTS) is 1. The van der Waals surface area contributed by atoms with E-state index in [-0.39, 0.29) is 17.8 Å². The van der Waals surface area contributed by atoms with Crippen molar-refractivity contribution in [2.24, 2.45) is 0 Å². The number of nitrogens with one attached hydrogen (secondary N) is 2. The molecule has 0 saturated carbocycles. The average Bonchev–Trinajstić information content (AvgIpc) is 2.89. The number of anilines is 1. The maximum absolute atomic E-state index is 11.7. The Morgan fingerprint density at radius 1 is 1.35 bits per heavy atom. The maximum atomic E-state index is 11.7. The van der Waals surface area contributed by atoms with Gasteiger partial charge < -0.3 is 20.3 Å². The summed E-state index contributed by atoms with van der Waals surface area (Å²) in [5, 5.41) is 17.7. The average molecular weight is 340 g/mol. The minimum atomic E-state index is -1.12. The number of benzene rings is 1. The molecule has 2 amide bonds. The van der Waals surface area contributed by atoms with E-state index in [1.165, 1.54) is 18.4 Å². The molecule has 0 radical (unpaired) electrons. The van der Waals surface area contributed by atoms with Crippen molar-refractivity contribution < 1.29 is 19.2 Å². The molecule has 2 rings (SSSR count). The Balaban J connectivity index is 2.03. The molecule has 0 bridgehead atoms. The molecule has 0 aliphatic rings. The van der Waals surface area contributed by atoms with E-state index in [1.54, 1.807) is 12.1 Å². The molecule has 0 saturated heterocycles. The van der Waals surface area contributed by atoms with Gasteiger partial charge in [-0.2, -0.15) is 0 Å². The van der Waals surface area contributed by atoms with Gasteiger partial charge in [-0.25, -0.2) is 9.59 Å². The summed E-state index contributed by atoms with van der Waals surface area (Å²) in [7, 11) is 0. The van der Waals surface area contributed by atoms with Crippen molar-refractivity contribution in [3.63, 3.8) is 0 Å². The maximum Gasteiger partial charge on any atom is 0.337 e. The van der Waals surface area contributed by atoms with Gasteiger partial charge in [-0.15, -0.1) is 0 Å². The molecule has 3 N–H and O–H groups in total. The molecule has 1 aromatic heterocycles. The molecule has 0 atom stereocenters. The standard InChI is InChI=1S/C12H10BrN3O4/c13-7-1-2-9(11(17)18)10(5-7)15-12(19)14-6-8-3-4-20-16-8/h1-5H,6H2,(H,17,18)(H2,14,15,19). The largest absolute Gasteiger partial charge is 0.478 e. The van der Waals surface area contributed by atoms with E-state index in [1.807, 2.05) is 0 Å². The number of urea groups is 1. The normalized spacial score (nSPS) is 10.1. The molecular weight excluding hydrogens is 330 g/mol. The Bertz CT molecular complexity index is 628. The van der Waals surface area contributed by atoms with E-state index < -0.39 is 12.0 Å². The lowest BCUT2D eigenvalue weighted by molar-refractivity contribution is 0.0698. The van der Waals surface area contributed by atoms with Crippen LogP contribution in [0.5, 0.6) is 0 Å². The lowest BCUT2D eigenvalue weighted by Gasteiger charge is -2.09. The number of carbonyl (C=O) groups excluding carboxylic acids is 1.